The summed E-state index contributed by atoms with van der Waals surface area (Å²) in [7, 11) is 1.65. The molecule has 3 nitrogen and oxygen atoms in total. The van der Waals surface area contributed by atoms with Crippen molar-refractivity contribution < 1.29 is 14.2 Å². The fourth-order valence-corrected chi connectivity index (χ4v) is 2.10. The zero-order valence-corrected chi connectivity index (χ0v) is 13.7. The lowest BCUT2D eigenvalue weighted by Gasteiger charge is -2.09. The molecule has 0 aliphatic heterocycles. The number of benzene rings is 2. The second kappa shape index (κ2) is 8.54. The maximum Gasteiger partial charge on any atom is 0.122 e. The fraction of sp³-hybridized carbons (Fsp3) is 0.333. The van der Waals surface area contributed by atoms with E-state index in [2.05, 4.69) is 0 Å². The maximum absolute atomic E-state index is 5.98. The minimum absolute atomic E-state index is 0.663. The lowest BCUT2D eigenvalue weighted by atomic mass is 10.2. The lowest BCUT2D eigenvalue weighted by molar-refractivity contribution is 0.265. The highest BCUT2D eigenvalue weighted by Gasteiger charge is 1.99. The zero-order valence-electron chi connectivity index (χ0n) is 13.0. The van der Waals surface area contributed by atoms with Crippen molar-refractivity contribution in [2.75, 3.05) is 20.3 Å². The van der Waals surface area contributed by atoms with Gasteiger partial charge < -0.3 is 14.2 Å². The monoisotopic (exact) mass is 320 g/mol. The van der Waals surface area contributed by atoms with Crippen molar-refractivity contribution in [1.82, 2.24) is 0 Å². The van der Waals surface area contributed by atoms with E-state index in [9.17, 15) is 0 Å². The number of ether oxygens (including phenoxy) is 3. The van der Waals surface area contributed by atoms with Gasteiger partial charge in [0.1, 0.15) is 17.2 Å². The van der Waals surface area contributed by atoms with Gasteiger partial charge in [-0.05, 0) is 55.7 Å². The average Bonchev–Trinajstić information content (AvgIpc) is 2.54. The summed E-state index contributed by atoms with van der Waals surface area (Å²) < 4.78 is 16.5. The van der Waals surface area contributed by atoms with Crippen molar-refractivity contribution in [2.45, 2.75) is 19.8 Å². The first kappa shape index (κ1) is 16.5. The Hall–Kier alpha value is -1.87. The highest BCUT2D eigenvalue weighted by Crippen LogP contribution is 2.21. The fourth-order valence-electron chi connectivity index (χ4n) is 1.98. The summed E-state index contributed by atoms with van der Waals surface area (Å²) in [5.41, 5.74) is 1.03. The number of methoxy groups -OCH3 is 1. The van der Waals surface area contributed by atoms with Crippen molar-refractivity contribution in [3.8, 4) is 17.2 Å². The standard InChI is InChI=1S/C18H21ClO3/c1-14-12-17(8-9-18(14)19)22-11-4-3-10-21-16-7-5-6-15(13-16)20-2/h5-9,12-13H,3-4,10-11H2,1-2H3. The van der Waals surface area contributed by atoms with Gasteiger partial charge >= 0.3 is 0 Å². The zero-order chi connectivity index (χ0) is 15.8. The highest BCUT2D eigenvalue weighted by molar-refractivity contribution is 6.31. The van der Waals surface area contributed by atoms with E-state index in [1.54, 1.807) is 7.11 Å². The largest absolute Gasteiger partial charge is 0.497 e. The van der Waals surface area contributed by atoms with E-state index in [1.807, 2.05) is 49.4 Å². The smallest absolute Gasteiger partial charge is 0.122 e. The van der Waals surface area contributed by atoms with E-state index in [1.165, 1.54) is 0 Å². The molecule has 0 bridgehead atoms. The molecule has 0 saturated carbocycles. The Labute approximate surface area is 136 Å². The van der Waals surface area contributed by atoms with Crippen LogP contribution in [0.15, 0.2) is 42.5 Å². The molecule has 0 atom stereocenters. The van der Waals surface area contributed by atoms with Gasteiger partial charge in [-0.3, -0.25) is 0 Å². The van der Waals surface area contributed by atoms with Gasteiger partial charge in [-0.15, -0.1) is 0 Å². The summed E-state index contributed by atoms with van der Waals surface area (Å²) in [6.45, 7) is 3.30. The summed E-state index contributed by atoms with van der Waals surface area (Å²) in [5.74, 6) is 2.49. The first-order valence-corrected chi connectivity index (χ1v) is 7.72. The Morgan fingerprint density at radius 3 is 2.14 bits per heavy atom. The third-order valence-corrected chi connectivity index (χ3v) is 3.67. The predicted octanol–water partition coefficient (Wildman–Crippen LogP) is 4.90. The molecule has 0 radical (unpaired) electrons. The SMILES string of the molecule is COc1cccc(OCCCCOc2ccc(Cl)c(C)c2)c1. The Morgan fingerprint density at radius 1 is 0.864 bits per heavy atom. The van der Waals surface area contributed by atoms with Gasteiger partial charge in [-0.2, -0.15) is 0 Å². The number of aryl methyl sites for hydroxylation is 1. The van der Waals surface area contributed by atoms with Crippen LogP contribution in [0.2, 0.25) is 5.02 Å². The van der Waals surface area contributed by atoms with E-state index < -0.39 is 0 Å². The number of halogens is 1. The van der Waals surface area contributed by atoms with Crippen LogP contribution in [0.4, 0.5) is 0 Å². The third-order valence-electron chi connectivity index (χ3n) is 3.25. The second-order valence-electron chi connectivity index (χ2n) is 4.99. The number of rotatable bonds is 8. The van der Waals surface area contributed by atoms with Crippen LogP contribution < -0.4 is 14.2 Å². The molecule has 0 spiro atoms. The lowest BCUT2D eigenvalue weighted by Crippen LogP contribution is -2.02. The molecule has 0 amide bonds. The van der Waals surface area contributed by atoms with Gasteiger partial charge in [-0.25, -0.2) is 0 Å². The Bertz CT molecular complexity index is 599. The van der Waals surface area contributed by atoms with Crippen molar-refractivity contribution in [3.05, 3.63) is 53.1 Å². The third kappa shape index (κ3) is 5.15. The number of hydrogen-bond donors (Lipinski definition) is 0. The van der Waals surface area contributed by atoms with Gasteiger partial charge in [0.25, 0.3) is 0 Å². The number of hydrogen-bond acceptors (Lipinski definition) is 3. The summed E-state index contributed by atoms with van der Waals surface area (Å²) in [5, 5.41) is 0.763. The van der Waals surface area contributed by atoms with Crippen molar-refractivity contribution in [3.63, 3.8) is 0 Å². The van der Waals surface area contributed by atoms with E-state index in [-0.39, 0.29) is 0 Å². The van der Waals surface area contributed by atoms with E-state index in [4.69, 9.17) is 25.8 Å². The summed E-state index contributed by atoms with van der Waals surface area (Å²) in [6.07, 6.45) is 1.87. The quantitative estimate of drug-likeness (QED) is 0.648. The molecule has 2 rings (SSSR count). The maximum atomic E-state index is 5.98. The Kier molecular flexibility index (Phi) is 6.41. The highest BCUT2D eigenvalue weighted by atomic mass is 35.5. The van der Waals surface area contributed by atoms with Crippen LogP contribution in [0.3, 0.4) is 0 Å². The first-order chi connectivity index (χ1) is 10.7. The molecule has 2 aromatic carbocycles. The molecule has 0 aliphatic rings. The summed E-state index contributed by atoms with van der Waals surface area (Å²) >= 11 is 5.98. The summed E-state index contributed by atoms with van der Waals surface area (Å²) in [6, 6.07) is 13.3. The topological polar surface area (TPSA) is 27.7 Å². The molecule has 4 heteroatoms. The first-order valence-electron chi connectivity index (χ1n) is 7.35. The van der Waals surface area contributed by atoms with Crippen LogP contribution >= 0.6 is 11.6 Å². The van der Waals surface area contributed by atoms with Gasteiger partial charge in [0.05, 0.1) is 20.3 Å². The molecule has 0 fully saturated rings. The van der Waals surface area contributed by atoms with Crippen molar-refractivity contribution in [1.29, 1.82) is 0 Å². The molecule has 0 aliphatic carbocycles. The normalized spacial score (nSPS) is 10.3. The molecule has 22 heavy (non-hydrogen) atoms. The minimum atomic E-state index is 0.663. The van der Waals surface area contributed by atoms with E-state index >= 15 is 0 Å². The van der Waals surface area contributed by atoms with Gasteiger partial charge in [0.2, 0.25) is 0 Å². The van der Waals surface area contributed by atoms with Crippen LogP contribution in [0.25, 0.3) is 0 Å². The molecular formula is C18H21ClO3. The number of unbranched alkanes of at least 4 members (excludes halogenated alkanes) is 1. The van der Waals surface area contributed by atoms with E-state index in [0.29, 0.717) is 13.2 Å². The summed E-state index contributed by atoms with van der Waals surface area (Å²) in [4.78, 5) is 0. The molecule has 2 aromatic rings. The molecule has 118 valence electrons. The predicted molar refractivity (Wildman–Crippen MR) is 89.4 cm³/mol. The minimum Gasteiger partial charge on any atom is -0.497 e. The molecular weight excluding hydrogens is 300 g/mol. The van der Waals surface area contributed by atoms with Gasteiger partial charge in [0.15, 0.2) is 0 Å². The molecule has 0 aromatic heterocycles. The van der Waals surface area contributed by atoms with Crippen LogP contribution in [0.5, 0.6) is 17.2 Å². The van der Waals surface area contributed by atoms with Gasteiger partial charge in [0, 0.05) is 11.1 Å². The van der Waals surface area contributed by atoms with Crippen LogP contribution in [0.1, 0.15) is 18.4 Å². The van der Waals surface area contributed by atoms with Crippen molar-refractivity contribution in [2.24, 2.45) is 0 Å². The van der Waals surface area contributed by atoms with Crippen molar-refractivity contribution >= 4 is 11.6 Å². The molecule has 0 heterocycles. The molecule has 0 saturated heterocycles. The molecule has 0 N–H and O–H groups in total. The Morgan fingerprint density at radius 2 is 1.50 bits per heavy atom. The van der Waals surface area contributed by atoms with Crippen LogP contribution in [-0.2, 0) is 0 Å². The van der Waals surface area contributed by atoms with Crippen LogP contribution in [0, 0.1) is 6.92 Å². The van der Waals surface area contributed by atoms with Gasteiger partial charge in [-0.1, -0.05) is 17.7 Å². The second-order valence-corrected chi connectivity index (χ2v) is 5.40. The van der Waals surface area contributed by atoms with Crippen LogP contribution in [-0.4, -0.2) is 20.3 Å². The van der Waals surface area contributed by atoms with E-state index in [0.717, 1.165) is 40.7 Å². The average molecular weight is 321 g/mol. The molecule has 0 unspecified atom stereocenters. The Balaban J connectivity index is 1.63.